The SMILES string of the molecule is C[SiH](CCCN)OC1CCCCC1O[SiH](C)CCCNC(=O)CCC(=O)N1Cc2ccccc2/C=C\c2ccccc21. The van der Waals surface area contributed by atoms with E-state index in [1.807, 2.05) is 41.3 Å². The summed E-state index contributed by atoms with van der Waals surface area (Å²) >= 11 is 0. The zero-order valence-electron chi connectivity index (χ0n) is 25.4. The predicted molar refractivity (Wildman–Crippen MR) is 177 cm³/mol. The Bertz CT molecular complexity index is 1190. The Kier molecular flexibility index (Phi) is 13.0. The number of anilines is 1. The number of nitrogens with zero attached hydrogens (tertiary/aromatic N) is 1. The number of carbonyl (C=O) groups excluding carboxylic acids is 2. The Morgan fingerprint density at radius 2 is 1.50 bits per heavy atom. The van der Waals surface area contributed by atoms with E-state index in [0.29, 0.717) is 13.1 Å². The van der Waals surface area contributed by atoms with E-state index in [1.54, 1.807) is 0 Å². The number of nitrogens with two attached hydrogens (primary N) is 1. The van der Waals surface area contributed by atoms with Gasteiger partial charge in [0.2, 0.25) is 11.8 Å². The highest BCUT2D eigenvalue weighted by atomic mass is 28.3. The Hall–Kier alpha value is -2.57. The monoisotopic (exact) mass is 607 g/mol. The molecule has 0 aromatic heterocycles. The zero-order chi connectivity index (χ0) is 29.7. The molecule has 1 fully saturated rings. The summed E-state index contributed by atoms with van der Waals surface area (Å²) in [4.78, 5) is 27.9. The van der Waals surface area contributed by atoms with Gasteiger partial charge in [-0.3, -0.25) is 9.59 Å². The molecule has 3 N–H and O–H groups in total. The highest BCUT2D eigenvalue weighted by molar-refractivity contribution is 6.50. The molecule has 0 radical (unpaired) electrons. The van der Waals surface area contributed by atoms with Gasteiger partial charge in [-0.15, -0.1) is 0 Å². The first kappa shape index (κ1) is 32.3. The normalized spacial score (nSPS) is 20.4. The number of para-hydroxylation sites is 1. The van der Waals surface area contributed by atoms with Crippen molar-refractivity contribution < 1.29 is 18.4 Å². The number of fused-ring (bicyclic) bond motifs is 2. The fourth-order valence-electron chi connectivity index (χ4n) is 5.95. The minimum Gasteiger partial charge on any atom is -0.415 e. The molecule has 4 rings (SSSR count). The van der Waals surface area contributed by atoms with Crippen LogP contribution in [0.1, 0.15) is 68.1 Å². The highest BCUT2D eigenvalue weighted by Crippen LogP contribution is 2.29. The van der Waals surface area contributed by atoms with E-state index in [0.717, 1.165) is 66.7 Å². The third kappa shape index (κ3) is 9.74. The molecule has 1 aliphatic heterocycles. The summed E-state index contributed by atoms with van der Waals surface area (Å²) in [5.41, 5.74) is 9.76. The maximum atomic E-state index is 13.4. The lowest BCUT2D eigenvalue weighted by Gasteiger charge is -2.35. The summed E-state index contributed by atoms with van der Waals surface area (Å²) < 4.78 is 13.1. The summed E-state index contributed by atoms with van der Waals surface area (Å²) in [6.07, 6.45) is 11.6. The molecule has 0 spiro atoms. The van der Waals surface area contributed by atoms with E-state index in [1.165, 1.54) is 12.8 Å². The molecule has 42 heavy (non-hydrogen) atoms. The topological polar surface area (TPSA) is 93.9 Å². The molecular weight excluding hydrogens is 559 g/mol. The third-order valence-corrected chi connectivity index (χ3v) is 12.4. The molecule has 2 amide bonds. The maximum absolute atomic E-state index is 13.4. The van der Waals surface area contributed by atoms with Crippen molar-refractivity contribution in [2.75, 3.05) is 18.0 Å². The molecule has 228 valence electrons. The first-order chi connectivity index (χ1) is 20.4. The largest absolute Gasteiger partial charge is 0.415 e. The molecule has 1 heterocycles. The zero-order valence-corrected chi connectivity index (χ0v) is 27.7. The summed E-state index contributed by atoms with van der Waals surface area (Å²) in [5, 5.41) is 3.03. The van der Waals surface area contributed by atoms with Crippen LogP contribution in [0.5, 0.6) is 0 Å². The number of amides is 2. The molecule has 2 aliphatic rings. The number of benzene rings is 2. The fourth-order valence-corrected chi connectivity index (χ4v) is 9.62. The van der Waals surface area contributed by atoms with E-state index in [2.05, 4.69) is 42.7 Å². The summed E-state index contributed by atoms with van der Waals surface area (Å²) in [6, 6.07) is 18.2. The van der Waals surface area contributed by atoms with E-state index < -0.39 is 18.1 Å². The highest BCUT2D eigenvalue weighted by Gasteiger charge is 2.29. The van der Waals surface area contributed by atoms with Crippen molar-refractivity contribution in [1.82, 2.24) is 5.32 Å². The molecule has 4 unspecified atom stereocenters. The lowest BCUT2D eigenvalue weighted by Crippen LogP contribution is -2.41. The standard InChI is InChI=1S/C33H49N3O4Si2/c1-41(23-9-21-34)39-30-15-7-8-16-31(30)40-42(2)24-10-22-35-32(37)19-20-33(38)36-25-28-13-4-3-11-26(28)17-18-27-12-5-6-14-29(27)36/h3-6,11-14,17-18,30-31,41-42H,7-10,15-16,19-25,34H2,1-2H3,(H,35,37)/b18-17-. The molecule has 9 heteroatoms. The molecule has 7 nitrogen and oxygen atoms in total. The fraction of sp³-hybridized carbons (Fsp3) is 0.515. The number of hydrogen-bond acceptors (Lipinski definition) is 5. The maximum Gasteiger partial charge on any atom is 0.227 e. The van der Waals surface area contributed by atoms with Crippen molar-refractivity contribution in [2.24, 2.45) is 5.73 Å². The molecule has 0 bridgehead atoms. The smallest absolute Gasteiger partial charge is 0.227 e. The third-order valence-electron chi connectivity index (χ3n) is 8.30. The van der Waals surface area contributed by atoms with Gasteiger partial charge in [-0.25, -0.2) is 0 Å². The second kappa shape index (κ2) is 16.9. The van der Waals surface area contributed by atoms with Crippen LogP contribution in [0.3, 0.4) is 0 Å². The molecule has 0 saturated heterocycles. The Labute approximate surface area is 255 Å². The van der Waals surface area contributed by atoms with Gasteiger partial charge in [0.05, 0.1) is 24.4 Å². The second-order valence-electron chi connectivity index (χ2n) is 11.7. The van der Waals surface area contributed by atoms with Crippen LogP contribution in [-0.2, 0) is 25.0 Å². The predicted octanol–water partition coefficient (Wildman–Crippen LogP) is 5.39. The number of hydrogen-bond donors (Lipinski definition) is 2. The van der Waals surface area contributed by atoms with Crippen LogP contribution in [0.4, 0.5) is 5.69 Å². The molecule has 2 aromatic rings. The van der Waals surface area contributed by atoms with Crippen molar-refractivity contribution in [3.05, 3.63) is 65.2 Å². The van der Waals surface area contributed by atoms with Gasteiger partial charge in [-0.1, -0.05) is 67.5 Å². The molecule has 2 aromatic carbocycles. The number of carbonyl (C=O) groups is 2. The number of nitrogens with one attached hydrogen (secondary N) is 1. The van der Waals surface area contributed by atoms with E-state index in [-0.39, 0.29) is 36.9 Å². The van der Waals surface area contributed by atoms with E-state index >= 15 is 0 Å². The van der Waals surface area contributed by atoms with Gasteiger partial charge >= 0.3 is 0 Å². The van der Waals surface area contributed by atoms with Gasteiger partial charge in [-0.2, -0.15) is 0 Å². The molecule has 4 atom stereocenters. The van der Waals surface area contributed by atoms with Crippen molar-refractivity contribution >= 4 is 47.7 Å². The van der Waals surface area contributed by atoms with Crippen LogP contribution in [0.2, 0.25) is 25.2 Å². The number of rotatable bonds is 14. The van der Waals surface area contributed by atoms with E-state index in [4.69, 9.17) is 14.6 Å². The average Bonchev–Trinajstić information content (AvgIpc) is 2.99. The Morgan fingerprint density at radius 3 is 2.21 bits per heavy atom. The van der Waals surface area contributed by atoms with Crippen molar-refractivity contribution in [1.29, 1.82) is 0 Å². The summed E-state index contributed by atoms with van der Waals surface area (Å²) in [7, 11) is -2.56. The van der Waals surface area contributed by atoms with Gasteiger partial charge in [0, 0.05) is 19.4 Å². The van der Waals surface area contributed by atoms with Gasteiger partial charge < -0.3 is 24.8 Å². The van der Waals surface area contributed by atoms with Crippen LogP contribution in [0, 0.1) is 0 Å². The van der Waals surface area contributed by atoms with Crippen LogP contribution in [0.25, 0.3) is 12.2 Å². The van der Waals surface area contributed by atoms with Crippen LogP contribution in [0.15, 0.2) is 48.5 Å². The van der Waals surface area contributed by atoms with E-state index in [9.17, 15) is 9.59 Å². The van der Waals surface area contributed by atoms with Gasteiger partial charge in [0.25, 0.3) is 0 Å². The Morgan fingerprint density at radius 1 is 0.881 bits per heavy atom. The van der Waals surface area contributed by atoms with Gasteiger partial charge in [0.1, 0.15) is 0 Å². The first-order valence-corrected chi connectivity index (χ1v) is 20.8. The molecule has 1 aliphatic carbocycles. The first-order valence-electron chi connectivity index (χ1n) is 15.9. The van der Waals surface area contributed by atoms with Crippen molar-refractivity contribution in [3.8, 4) is 0 Å². The molecular formula is C33H49N3O4Si2. The van der Waals surface area contributed by atoms with Gasteiger partial charge in [0.15, 0.2) is 18.1 Å². The Balaban J connectivity index is 1.19. The second-order valence-corrected chi connectivity index (χ2v) is 16.7. The van der Waals surface area contributed by atoms with Crippen LogP contribution < -0.4 is 16.0 Å². The van der Waals surface area contributed by atoms with Gasteiger partial charge in [-0.05, 0) is 80.2 Å². The minimum atomic E-state index is -1.37. The quantitative estimate of drug-likeness (QED) is 0.222. The summed E-state index contributed by atoms with van der Waals surface area (Å²) in [6.45, 7) is 6.38. The summed E-state index contributed by atoms with van der Waals surface area (Å²) in [5.74, 6) is -0.113. The lowest BCUT2D eigenvalue weighted by atomic mass is 9.95. The average molecular weight is 608 g/mol. The van der Waals surface area contributed by atoms with Crippen molar-refractivity contribution in [2.45, 2.75) is 95.3 Å². The van der Waals surface area contributed by atoms with Crippen molar-refractivity contribution in [3.63, 3.8) is 0 Å². The van der Waals surface area contributed by atoms with Crippen LogP contribution >= 0.6 is 0 Å². The molecule has 1 saturated carbocycles. The minimum absolute atomic E-state index is 0.0400. The van der Waals surface area contributed by atoms with Crippen LogP contribution in [-0.4, -0.2) is 55.2 Å². The lowest BCUT2D eigenvalue weighted by molar-refractivity contribution is -0.125.